The largest absolute Gasteiger partial charge is 0.456 e. The zero-order chi connectivity index (χ0) is 16.8. The fraction of sp³-hybridized carbons (Fsp3) is 0.176. The minimum atomic E-state index is -0.221. The van der Waals surface area contributed by atoms with Gasteiger partial charge in [0.2, 0.25) is 0 Å². The normalized spacial score (nSPS) is 10.0. The maximum absolute atomic E-state index is 12.2. The van der Waals surface area contributed by atoms with Gasteiger partial charge in [0.25, 0.3) is 5.91 Å². The number of aliphatic hydroxyl groups excluding tert-OH is 1. The molecule has 0 saturated heterocycles. The number of nitrogens with zero attached hydrogens (tertiary/aromatic N) is 2. The van der Waals surface area contributed by atoms with Gasteiger partial charge >= 0.3 is 0 Å². The molecule has 118 valence electrons. The van der Waals surface area contributed by atoms with E-state index in [0.717, 1.165) is 0 Å². The van der Waals surface area contributed by atoms with Crippen LogP contribution >= 0.6 is 11.6 Å². The van der Waals surface area contributed by atoms with Gasteiger partial charge in [-0.05, 0) is 36.4 Å². The number of rotatable bonds is 5. The molecule has 0 fully saturated rings. The summed E-state index contributed by atoms with van der Waals surface area (Å²) in [6.45, 7) is 0.147. The molecule has 0 aliphatic carbocycles. The first-order valence-electron chi connectivity index (χ1n) is 6.89. The highest BCUT2D eigenvalue weighted by molar-refractivity contribution is 6.30. The fourth-order valence-electron chi connectivity index (χ4n) is 1.97. The molecule has 23 heavy (non-hydrogen) atoms. The number of benzene rings is 2. The summed E-state index contributed by atoms with van der Waals surface area (Å²) >= 11 is 5.85. The summed E-state index contributed by atoms with van der Waals surface area (Å²) in [5.74, 6) is 0.582. The van der Waals surface area contributed by atoms with Crippen LogP contribution in [-0.4, -0.2) is 36.1 Å². The van der Waals surface area contributed by atoms with E-state index in [1.165, 1.54) is 11.0 Å². The Balaban J connectivity index is 2.24. The lowest BCUT2D eigenvalue weighted by atomic mass is 10.2. The molecule has 2 aromatic rings. The van der Waals surface area contributed by atoms with Gasteiger partial charge in [-0.25, -0.2) is 0 Å². The maximum Gasteiger partial charge on any atom is 0.253 e. The summed E-state index contributed by atoms with van der Waals surface area (Å²) in [6.07, 6.45) is 0. The number of carbonyl (C=O) groups is 1. The Morgan fingerprint density at radius 1 is 1.35 bits per heavy atom. The Morgan fingerprint density at radius 2 is 2.13 bits per heavy atom. The lowest BCUT2D eigenvalue weighted by molar-refractivity contribution is 0.0766. The molecule has 0 radical (unpaired) electrons. The molecule has 1 N–H and O–H groups in total. The standard InChI is InChI=1S/C17H15ClN2O3/c1-20(7-8-21)17(22)12-3-2-4-15(10-12)23-16-6-5-14(18)9-13(16)11-19/h2-6,9-10,21H,7-8H2,1H3. The lowest BCUT2D eigenvalue weighted by Crippen LogP contribution is -2.29. The van der Waals surface area contributed by atoms with Crippen molar-refractivity contribution in [2.24, 2.45) is 0 Å². The number of hydrogen-bond donors (Lipinski definition) is 1. The topological polar surface area (TPSA) is 73.6 Å². The predicted octanol–water partition coefficient (Wildman–Crippen LogP) is 3.07. The molecule has 0 heterocycles. The van der Waals surface area contributed by atoms with Crippen molar-refractivity contribution in [2.45, 2.75) is 0 Å². The van der Waals surface area contributed by atoms with Gasteiger partial charge in [-0.3, -0.25) is 4.79 Å². The molecule has 0 aliphatic rings. The summed E-state index contributed by atoms with van der Waals surface area (Å²) < 4.78 is 5.68. The van der Waals surface area contributed by atoms with Crippen LogP contribution in [0.4, 0.5) is 0 Å². The van der Waals surface area contributed by atoms with E-state index < -0.39 is 0 Å². The van der Waals surface area contributed by atoms with Crippen LogP contribution in [0.25, 0.3) is 0 Å². The maximum atomic E-state index is 12.2. The highest BCUT2D eigenvalue weighted by atomic mass is 35.5. The Hall–Kier alpha value is -2.55. The van der Waals surface area contributed by atoms with E-state index in [9.17, 15) is 4.79 Å². The third-order valence-electron chi connectivity index (χ3n) is 3.15. The van der Waals surface area contributed by atoms with Gasteiger partial charge in [0.05, 0.1) is 12.2 Å². The highest BCUT2D eigenvalue weighted by Crippen LogP contribution is 2.28. The molecule has 0 bridgehead atoms. The van der Waals surface area contributed by atoms with Crippen LogP contribution in [0, 0.1) is 11.3 Å². The van der Waals surface area contributed by atoms with E-state index in [-0.39, 0.29) is 19.1 Å². The number of hydrogen-bond acceptors (Lipinski definition) is 4. The van der Waals surface area contributed by atoms with Crippen LogP contribution in [0.2, 0.25) is 5.02 Å². The molecule has 1 amide bonds. The minimum absolute atomic E-state index is 0.102. The summed E-state index contributed by atoms with van der Waals surface area (Å²) in [5.41, 5.74) is 0.748. The van der Waals surface area contributed by atoms with Crippen LogP contribution in [0.1, 0.15) is 15.9 Å². The van der Waals surface area contributed by atoms with Crippen molar-refractivity contribution in [1.82, 2.24) is 4.90 Å². The Bertz CT molecular complexity index is 756. The molecule has 0 aromatic heterocycles. The van der Waals surface area contributed by atoms with Gasteiger partial charge < -0.3 is 14.7 Å². The number of ether oxygens (including phenoxy) is 1. The molecule has 2 aromatic carbocycles. The van der Waals surface area contributed by atoms with Crippen LogP contribution in [0.15, 0.2) is 42.5 Å². The SMILES string of the molecule is CN(CCO)C(=O)c1cccc(Oc2ccc(Cl)cc2C#N)c1. The number of amides is 1. The van der Waals surface area contributed by atoms with E-state index in [1.54, 1.807) is 43.4 Å². The van der Waals surface area contributed by atoms with Crippen molar-refractivity contribution in [3.8, 4) is 17.6 Å². The molecule has 0 atom stereocenters. The molecule has 0 spiro atoms. The van der Waals surface area contributed by atoms with Gasteiger partial charge in [0.15, 0.2) is 0 Å². The second-order valence-electron chi connectivity index (χ2n) is 4.83. The molecule has 0 saturated carbocycles. The summed E-state index contributed by atoms with van der Waals surface area (Å²) in [6, 6.07) is 13.4. The molecule has 2 rings (SSSR count). The van der Waals surface area contributed by atoms with Gasteiger partial charge in [-0.1, -0.05) is 17.7 Å². The molecule has 5 nitrogen and oxygen atoms in total. The number of nitriles is 1. The van der Waals surface area contributed by atoms with E-state index in [4.69, 9.17) is 26.7 Å². The Morgan fingerprint density at radius 3 is 2.83 bits per heavy atom. The quantitative estimate of drug-likeness (QED) is 0.914. The molecule has 0 unspecified atom stereocenters. The lowest BCUT2D eigenvalue weighted by Gasteiger charge is -2.16. The van der Waals surface area contributed by atoms with E-state index in [1.807, 2.05) is 6.07 Å². The Kier molecular flexibility index (Phi) is 5.58. The van der Waals surface area contributed by atoms with Gasteiger partial charge in [-0.15, -0.1) is 0 Å². The van der Waals surface area contributed by atoms with Crippen LogP contribution in [0.3, 0.4) is 0 Å². The van der Waals surface area contributed by atoms with Crippen molar-refractivity contribution in [1.29, 1.82) is 5.26 Å². The van der Waals surface area contributed by atoms with Crippen molar-refractivity contribution >= 4 is 17.5 Å². The monoisotopic (exact) mass is 330 g/mol. The third-order valence-corrected chi connectivity index (χ3v) is 3.39. The van der Waals surface area contributed by atoms with Crippen LogP contribution in [-0.2, 0) is 0 Å². The number of likely N-dealkylation sites (N-methyl/N-ethyl adjacent to an activating group) is 1. The molecule has 6 heteroatoms. The molecular formula is C17H15ClN2O3. The first kappa shape index (κ1) is 16.8. The fourth-order valence-corrected chi connectivity index (χ4v) is 2.14. The zero-order valence-corrected chi connectivity index (χ0v) is 13.2. The average molecular weight is 331 g/mol. The smallest absolute Gasteiger partial charge is 0.253 e. The molecule has 0 aliphatic heterocycles. The summed E-state index contributed by atoms with van der Waals surface area (Å²) in [4.78, 5) is 13.6. The van der Waals surface area contributed by atoms with Crippen LogP contribution < -0.4 is 4.74 Å². The average Bonchev–Trinajstić information content (AvgIpc) is 2.56. The minimum Gasteiger partial charge on any atom is -0.456 e. The number of carbonyl (C=O) groups excluding carboxylic acids is 1. The van der Waals surface area contributed by atoms with E-state index >= 15 is 0 Å². The number of halogens is 1. The van der Waals surface area contributed by atoms with E-state index in [0.29, 0.717) is 27.6 Å². The highest BCUT2D eigenvalue weighted by Gasteiger charge is 2.13. The predicted molar refractivity (Wildman–Crippen MR) is 86.7 cm³/mol. The molecular weight excluding hydrogens is 316 g/mol. The second kappa shape index (κ2) is 7.63. The number of aliphatic hydroxyl groups is 1. The van der Waals surface area contributed by atoms with Crippen molar-refractivity contribution in [3.63, 3.8) is 0 Å². The van der Waals surface area contributed by atoms with Crippen molar-refractivity contribution in [3.05, 3.63) is 58.6 Å². The summed E-state index contributed by atoms with van der Waals surface area (Å²) in [5, 5.41) is 18.5. The van der Waals surface area contributed by atoms with E-state index in [2.05, 4.69) is 0 Å². The van der Waals surface area contributed by atoms with Crippen molar-refractivity contribution < 1.29 is 14.6 Å². The first-order valence-corrected chi connectivity index (χ1v) is 7.27. The Labute approximate surface area is 139 Å². The van der Waals surface area contributed by atoms with Crippen LogP contribution in [0.5, 0.6) is 11.5 Å². The zero-order valence-electron chi connectivity index (χ0n) is 12.5. The van der Waals surface area contributed by atoms with Gasteiger partial charge in [0.1, 0.15) is 17.6 Å². The van der Waals surface area contributed by atoms with Gasteiger partial charge in [0, 0.05) is 24.2 Å². The second-order valence-corrected chi connectivity index (χ2v) is 5.27. The third kappa shape index (κ3) is 4.22. The first-order chi connectivity index (χ1) is 11.0. The van der Waals surface area contributed by atoms with Crippen molar-refractivity contribution in [2.75, 3.05) is 20.2 Å². The van der Waals surface area contributed by atoms with Gasteiger partial charge in [-0.2, -0.15) is 5.26 Å². The summed E-state index contributed by atoms with van der Waals surface area (Å²) in [7, 11) is 1.61.